The van der Waals surface area contributed by atoms with Crippen molar-refractivity contribution in [2.45, 2.75) is 12.5 Å². The van der Waals surface area contributed by atoms with Crippen LogP contribution in [0, 0.1) is 5.82 Å². The average molecular weight is 355 g/mol. The Balaban J connectivity index is 1.93. The molecule has 8 heteroatoms. The van der Waals surface area contributed by atoms with Crippen LogP contribution in [0.1, 0.15) is 6.42 Å². The molecule has 1 atom stereocenters. The summed E-state index contributed by atoms with van der Waals surface area (Å²) in [4.78, 5) is 27.2. The third-order valence-electron chi connectivity index (χ3n) is 3.90. The lowest BCUT2D eigenvalue weighted by molar-refractivity contribution is -0.138. The molecule has 2 amide bonds. The van der Waals surface area contributed by atoms with Crippen LogP contribution in [0.15, 0.2) is 24.3 Å². The van der Waals surface area contributed by atoms with E-state index in [-0.39, 0.29) is 11.8 Å². The normalized spacial score (nSPS) is 16.4. The molecular formula is C16H22FN3O3S. The number of carboxylic acid groups (broad SMARTS) is 1. The van der Waals surface area contributed by atoms with Gasteiger partial charge in [-0.25, -0.2) is 14.0 Å². The van der Waals surface area contributed by atoms with Crippen LogP contribution in [0.5, 0.6) is 0 Å². The van der Waals surface area contributed by atoms with Crippen LogP contribution >= 0.6 is 11.8 Å². The molecule has 1 fully saturated rings. The van der Waals surface area contributed by atoms with Crippen molar-refractivity contribution >= 4 is 29.4 Å². The average Bonchev–Trinajstić information content (AvgIpc) is 2.81. The second-order valence-corrected chi connectivity index (χ2v) is 6.51. The topological polar surface area (TPSA) is 72.9 Å². The number of rotatable bonds is 5. The van der Waals surface area contributed by atoms with Crippen molar-refractivity contribution in [3.8, 4) is 0 Å². The summed E-state index contributed by atoms with van der Waals surface area (Å²) in [6.07, 6.45) is 2.57. The summed E-state index contributed by atoms with van der Waals surface area (Å²) in [5, 5.41) is 11.7. The number of carbonyl (C=O) groups excluding carboxylic acids is 1. The maximum atomic E-state index is 13.0. The predicted octanol–water partition coefficient (Wildman–Crippen LogP) is 1.86. The standard InChI is InChI=1S/C16H22FN3O3S/c1-24-11-14(15(21)22)18-16(23)20-8-2-7-19(9-10-20)13-5-3-12(17)4-6-13/h3-6,14H,2,7-11H2,1H3,(H,18,23)(H,21,22)/t14-/m0/s1. The van der Waals surface area contributed by atoms with E-state index in [9.17, 15) is 14.0 Å². The van der Waals surface area contributed by atoms with Gasteiger partial charge in [-0.05, 0) is 36.9 Å². The number of hydrogen-bond acceptors (Lipinski definition) is 4. The molecule has 0 radical (unpaired) electrons. The Morgan fingerprint density at radius 2 is 1.96 bits per heavy atom. The van der Waals surface area contributed by atoms with Crippen molar-refractivity contribution in [2.24, 2.45) is 0 Å². The summed E-state index contributed by atoms with van der Waals surface area (Å²) >= 11 is 1.38. The van der Waals surface area contributed by atoms with Gasteiger partial charge in [0.2, 0.25) is 0 Å². The highest BCUT2D eigenvalue weighted by atomic mass is 32.2. The summed E-state index contributed by atoms with van der Waals surface area (Å²) in [6.45, 7) is 2.45. The fourth-order valence-corrected chi connectivity index (χ4v) is 3.17. The molecule has 1 saturated heterocycles. The molecule has 0 saturated carbocycles. The van der Waals surface area contributed by atoms with Crippen molar-refractivity contribution in [2.75, 3.05) is 43.1 Å². The predicted molar refractivity (Wildman–Crippen MR) is 93.1 cm³/mol. The van der Waals surface area contributed by atoms with Crippen LogP contribution < -0.4 is 10.2 Å². The molecular weight excluding hydrogens is 333 g/mol. The van der Waals surface area contributed by atoms with E-state index in [1.807, 2.05) is 0 Å². The number of carboxylic acids is 1. The zero-order valence-corrected chi connectivity index (χ0v) is 14.4. The van der Waals surface area contributed by atoms with E-state index >= 15 is 0 Å². The van der Waals surface area contributed by atoms with Gasteiger partial charge in [-0.2, -0.15) is 11.8 Å². The number of nitrogens with zero attached hydrogens (tertiary/aromatic N) is 2. The van der Waals surface area contributed by atoms with Crippen LogP contribution in [0.2, 0.25) is 0 Å². The van der Waals surface area contributed by atoms with Gasteiger partial charge >= 0.3 is 12.0 Å². The highest BCUT2D eigenvalue weighted by Gasteiger charge is 2.24. The van der Waals surface area contributed by atoms with Crippen LogP contribution in [0.4, 0.5) is 14.9 Å². The number of anilines is 1. The summed E-state index contributed by atoms with van der Waals surface area (Å²) < 4.78 is 13.0. The monoisotopic (exact) mass is 355 g/mol. The number of carbonyl (C=O) groups is 2. The molecule has 0 spiro atoms. The summed E-state index contributed by atoms with van der Waals surface area (Å²) in [6, 6.07) is 5.06. The van der Waals surface area contributed by atoms with Crippen molar-refractivity contribution in [3.05, 3.63) is 30.1 Å². The maximum Gasteiger partial charge on any atom is 0.327 e. The number of amides is 2. The molecule has 2 N–H and O–H groups in total. The molecule has 132 valence electrons. The van der Waals surface area contributed by atoms with Gasteiger partial charge in [0, 0.05) is 37.6 Å². The Labute approximate surface area is 145 Å². The lowest BCUT2D eigenvalue weighted by Gasteiger charge is -2.25. The molecule has 0 aliphatic carbocycles. The highest BCUT2D eigenvalue weighted by Crippen LogP contribution is 2.17. The summed E-state index contributed by atoms with van der Waals surface area (Å²) in [7, 11) is 0. The van der Waals surface area contributed by atoms with E-state index in [4.69, 9.17) is 5.11 Å². The molecule has 1 aromatic rings. The van der Waals surface area contributed by atoms with Crippen molar-refractivity contribution in [3.63, 3.8) is 0 Å². The molecule has 2 rings (SSSR count). The molecule has 1 aliphatic heterocycles. The number of thioether (sulfide) groups is 1. The molecule has 0 bridgehead atoms. The minimum absolute atomic E-state index is 0.275. The summed E-state index contributed by atoms with van der Waals surface area (Å²) in [5.41, 5.74) is 0.921. The smallest absolute Gasteiger partial charge is 0.327 e. The van der Waals surface area contributed by atoms with Gasteiger partial charge in [0.1, 0.15) is 11.9 Å². The van der Waals surface area contributed by atoms with Gasteiger partial charge in [-0.3, -0.25) is 0 Å². The molecule has 1 heterocycles. The lowest BCUT2D eigenvalue weighted by atomic mass is 10.2. The highest BCUT2D eigenvalue weighted by molar-refractivity contribution is 7.98. The molecule has 6 nitrogen and oxygen atoms in total. The SMILES string of the molecule is CSC[C@H](NC(=O)N1CCCN(c2ccc(F)cc2)CC1)C(=O)O. The molecule has 24 heavy (non-hydrogen) atoms. The Morgan fingerprint density at radius 3 is 2.58 bits per heavy atom. The van der Waals surface area contributed by atoms with E-state index in [0.29, 0.717) is 25.4 Å². The first-order valence-corrected chi connectivity index (χ1v) is 9.18. The first-order valence-electron chi connectivity index (χ1n) is 7.79. The van der Waals surface area contributed by atoms with E-state index < -0.39 is 12.0 Å². The summed E-state index contributed by atoms with van der Waals surface area (Å²) in [5.74, 6) is -0.972. The second-order valence-electron chi connectivity index (χ2n) is 5.60. The minimum atomic E-state index is -1.03. The fraction of sp³-hybridized carbons (Fsp3) is 0.500. The second kappa shape index (κ2) is 8.77. The zero-order valence-electron chi connectivity index (χ0n) is 13.6. The first kappa shape index (κ1) is 18.4. The number of halogens is 1. The van der Waals surface area contributed by atoms with Crippen LogP contribution in [0.3, 0.4) is 0 Å². The largest absolute Gasteiger partial charge is 0.480 e. The maximum absolute atomic E-state index is 13.0. The number of aliphatic carboxylic acids is 1. The molecule has 1 aliphatic rings. The third kappa shape index (κ3) is 5.02. The van der Waals surface area contributed by atoms with E-state index in [0.717, 1.165) is 18.7 Å². The fourth-order valence-electron chi connectivity index (χ4n) is 2.61. The minimum Gasteiger partial charge on any atom is -0.480 e. The van der Waals surface area contributed by atoms with Gasteiger partial charge in [0.15, 0.2) is 0 Å². The first-order chi connectivity index (χ1) is 11.5. The van der Waals surface area contributed by atoms with E-state index in [1.165, 1.54) is 23.9 Å². The van der Waals surface area contributed by atoms with Crippen LogP contribution in [-0.2, 0) is 4.79 Å². The van der Waals surface area contributed by atoms with Gasteiger partial charge in [0.05, 0.1) is 0 Å². The number of urea groups is 1. The van der Waals surface area contributed by atoms with Gasteiger partial charge in [-0.1, -0.05) is 0 Å². The van der Waals surface area contributed by atoms with Gasteiger partial charge in [0.25, 0.3) is 0 Å². The Kier molecular flexibility index (Phi) is 6.72. The Hall–Kier alpha value is -1.96. The molecule has 0 unspecified atom stereocenters. The Bertz CT molecular complexity index is 570. The van der Waals surface area contributed by atoms with Gasteiger partial charge in [-0.15, -0.1) is 0 Å². The number of nitrogens with one attached hydrogen (secondary N) is 1. The van der Waals surface area contributed by atoms with Crippen molar-refractivity contribution < 1.29 is 19.1 Å². The molecule has 1 aromatic carbocycles. The van der Waals surface area contributed by atoms with Gasteiger partial charge < -0.3 is 20.2 Å². The zero-order chi connectivity index (χ0) is 17.5. The van der Waals surface area contributed by atoms with E-state index in [1.54, 1.807) is 23.3 Å². The molecule has 0 aromatic heterocycles. The lowest BCUT2D eigenvalue weighted by Crippen LogP contribution is -2.50. The number of benzene rings is 1. The third-order valence-corrected chi connectivity index (χ3v) is 4.57. The van der Waals surface area contributed by atoms with Crippen LogP contribution in [-0.4, -0.2) is 66.2 Å². The van der Waals surface area contributed by atoms with E-state index in [2.05, 4.69) is 10.2 Å². The quantitative estimate of drug-likeness (QED) is 0.844. The van der Waals surface area contributed by atoms with Crippen LogP contribution in [0.25, 0.3) is 0 Å². The number of hydrogen-bond donors (Lipinski definition) is 2. The Morgan fingerprint density at radius 1 is 1.25 bits per heavy atom. The van der Waals surface area contributed by atoms with Crippen molar-refractivity contribution in [1.82, 2.24) is 10.2 Å². The van der Waals surface area contributed by atoms with Crippen molar-refractivity contribution in [1.29, 1.82) is 0 Å².